The monoisotopic (exact) mass is 477 g/mol. The van der Waals surface area contributed by atoms with Crippen LogP contribution in [-0.2, 0) is 11.3 Å². The fourth-order valence-corrected chi connectivity index (χ4v) is 3.89. The maximum atomic E-state index is 12.8. The molecule has 31 heavy (non-hydrogen) atoms. The third-order valence-electron chi connectivity index (χ3n) is 4.85. The SMILES string of the molecule is CCOc1ccc(Br)cc1/C=N\NC(=O)Cn1c2ccccc2c(=O)c2ccccc21. The lowest BCUT2D eigenvalue weighted by atomic mass is 10.1. The molecule has 0 unspecified atom stereocenters. The molecule has 0 saturated carbocycles. The molecule has 0 atom stereocenters. The number of aromatic nitrogens is 1. The Labute approximate surface area is 187 Å². The van der Waals surface area contributed by atoms with E-state index in [0.717, 1.165) is 10.0 Å². The molecule has 0 aliphatic carbocycles. The number of nitrogens with zero attached hydrogens (tertiary/aromatic N) is 2. The standard InChI is InChI=1S/C24H20BrN3O3/c1-2-31-22-12-11-17(25)13-16(22)14-26-27-23(29)15-28-20-9-5-3-7-18(20)24(30)19-8-4-6-10-21(19)28/h3-14H,2,15H2,1H3,(H,27,29)/b26-14-. The molecule has 0 saturated heterocycles. The van der Waals surface area contributed by atoms with Crippen LogP contribution in [0.5, 0.6) is 5.75 Å². The van der Waals surface area contributed by atoms with E-state index in [9.17, 15) is 9.59 Å². The minimum Gasteiger partial charge on any atom is -0.493 e. The van der Waals surface area contributed by atoms with Crippen LogP contribution in [0.1, 0.15) is 12.5 Å². The van der Waals surface area contributed by atoms with E-state index >= 15 is 0 Å². The summed E-state index contributed by atoms with van der Waals surface area (Å²) in [5.74, 6) is 0.379. The van der Waals surface area contributed by atoms with Crippen molar-refractivity contribution in [1.29, 1.82) is 0 Å². The number of nitrogens with one attached hydrogen (secondary N) is 1. The Morgan fingerprint density at radius 1 is 1.06 bits per heavy atom. The van der Waals surface area contributed by atoms with Gasteiger partial charge in [-0.1, -0.05) is 40.2 Å². The van der Waals surface area contributed by atoms with E-state index < -0.39 is 0 Å². The zero-order valence-corrected chi connectivity index (χ0v) is 18.4. The Morgan fingerprint density at radius 2 is 1.71 bits per heavy atom. The molecule has 4 rings (SSSR count). The maximum Gasteiger partial charge on any atom is 0.260 e. The highest BCUT2D eigenvalue weighted by molar-refractivity contribution is 9.10. The predicted octanol–water partition coefficient (Wildman–Crippen LogP) is 4.47. The van der Waals surface area contributed by atoms with E-state index in [2.05, 4.69) is 26.5 Å². The van der Waals surface area contributed by atoms with Gasteiger partial charge in [-0.15, -0.1) is 0 Å². The Bertz CT molecular complexity index is 1300. The second kappa shape index (κ2) is 9.14. The van der Waals surface area contributed by atoms with Gasteiger partial charge in [0.15, 0.2) is 5.43 Å². The van der Waals surface area contributed by atoms with Crippen molar-refractivity contribution < 1.29 is 9.53 Å². The summed E-state index contributed by atoms with van der Waals surface area (Å²) in [5, 5.41) is 5.25. The van der Waals surface area contributed by atoms with Crippen molar-refractivity contribution >= 4 is 49.9 Å². The molecule has 1 amide bonds. The molecule has 0 fully saturated rings. The van der Waals surface area contributed by atoms with Gasteiger partial charge in [0.1, 0.15) is 12.3 Å². The first-order valence-electron chi connectivity index (χ1n) is 9.83. The minimum absolute atomic E-state index is 0.0233. The first kappa shape index (κ1) is 20.8. The lowest BCUT2D eigenvalue weighted by Crippen LogP contribution is -2.25. The van der Waals surface area contributed by atoms with Crippen molar-refractivity contribution in [3.63, 3.8) is 0 Å². The number of hydrogen-bond donors (Lipinski definition) is 1. The topological polar surface area (TPSA) is 72.7 Å². The van der Waals surface area contributed by atoms with E-state index in [1.165, 1.54) is 0 Å². The van der Waals surface area contributed by atoms with Crippen molar-refractivity contribution in [1.82, 2.24) is 9.99 Å². The van der Waals surface area contributed by atoms with Gasteiger partial charge in [-0.3, -0.25) is 9.59 Å². The second-order valence-corrected chi connectivity index (χ2v) is 7.77. The Morgan fingerprint density at radius 3 is 2.35 bits per heavy atom. The van der Waals surface area contributed by atoms with Crippen molar-refractivity contribution in [2.45, 2.75) is 13.5 Å². The average Bonchev–Trinajstić information content (AvgIpc) is 2.78. The first-order valence-corrected chi connectivity index (χ1v) is 10.6. The summed E-state index contributed by atoms with van der Waals surface area (Å²) in [6.45, 7) is 2.46. The fraction of sp³-hybridized carbons (Fsp3) is 0.125. The summed E-state index contributed by atoms with van der Waals surface area (Å²) in [6, 6.07) is 20.2. The van der Waals surface area contributed by atoms with Crippen LogP contribution in [0.3, 0.4) is 0 Å². The number of ether oxygens (including phenoxy) is 1. The van der Waals surface area contributed by atoms with E-state index in [1.54, 1.807) is 18.3 Å². The summed E-state index contributed by atoms with van der Waals surface area (Å²) in [6.07, 6.45) is 1.55. The molecule has 6 nitrogen and oxygen atoms in total. The number of pyridine rings is 1. The van der Waals surface area contributed by atoms with E-state index in [4.69, 9.17) is 4.74 Å². The Hall–Kier alpha value is -3.45. The summed E-state index contributed by atoms with van der Waals surface area (Å²) in [7, 11) is 0. The van der Waals surface area contributed by atoms with Crippen molar-refractivity contribution in [2.75, 3.05) is 6.61 Å². The third-order valence-corrected chi connectivity index (χ3v) is 5.34. The lowest BCUT2D eigenvalue weighted by molar-refractivity contribution is -0.121. The van der Waals surface area contributed by atoms with Crippen molar-refractivity contribution in [3.8, 4) is 5.75 Å². The molecule has 3 aromatic carbocycles. The Kier molecular flexibility index (Phi) is 6.13. The smallest absolute Gasteiger partial charge is 0.260 e. The number of halogens is 1. The molecular weight excluding hydrogens is 458 g/mol. The molecule has 0 aliphatic rings. The number of amides is 1. The lowest BCUT2D eigenvalue weighted by Gasteiger charge is -2.14. The number of hydrogen-bond acceptors (Lipinski definition) is 4. The van der Waals surface area contributed by atoms with Crippen molar-refractivity contribution in [3.05, 3.63) is 87.0 Å². The van der Waals surface area contributed by atoms with Crippen LogP contribution < -0.4 is 15.6 Å². The molecule has 1 N–H and O–H groups in total. The van der Waals surface area contributed by atoms with Crippen molar-refractivity contribution in [2.24, 2.45) is 5.10 Å². The molecule has 7 heteroatoms. The molecule has 4 aromatic rings. The quantitative estimate of drug-likeness (QED) is 0.253. The highest BCUT2D eigenvalue weighted by atomic mass is 79.9. The summed E-state index contributed by atoms with van der Waals surface area (Å²) in [4.78, 5) is 25.5. The normalized spacial score (nSPS) is 11.3. The van der Waals surface area contributed by atoms with Gasteiger partial charge in [0.05, 0.1) is 23.9 Å². The van der Waals surface area contributed by atoms with Crippen LogP contribution >= 0.6 is 15.9 Å². The molecule has 1 heterocycles. The second-order valence-electron chi connectivity index (χ2n) is 6.86. The van der Waals surface area contributed by atoms with E-state index in [0.29, 0.717) is 34.2 Å². The van der Waals surface area contributed by atoms with E-state index in [-0.39, 0.29) is 17.9 Å². The fourth-order valence-electron chi connectivity index (χ4n) is 3.51. The summed E-state index contributed by atoms with van der Waals surface area (Å²) >= 11 is 3.43. The number of hydrazone groups is 1. The first-order chi connectivity index (χ1) is 15.1. The highest BCUT2D eigenvalue weighted by Crippen LogP contribution is 2.22. The number of fused-ring (bicyclic) bond motifs is 2. The molecule has 0 spiro atoms. The molecular formula is C24H20BrN3O3. The minimum atomic E-state index is -0.303. The van der Waals surface area contributed by atoms with Gasteiger partial charge in [0, 0.05) is 20.8 Å². The van der Waals surface area contributed by atoms with Gasteiger partial charge in [-0.05, 0) is 49.4 Å². The van der Waals surface area contributed by atoms with Crippen LogP contribution in [0.25, 0.3) is 21.8 Å². The molecule has 0 radical (unpaired) electrons. The Balaban J connectivity index is 1.62. The number of carbonyl (C=O) groups is 1. The van der Waals surface area contributed by atoms with Gasteiger partial charge in [0.25, 0.3) is 5.91 Å². The van der Waals surface area contributed by atoms with Gasteiger partial charge >= 0.3 is 0 Å². The van der Waals surface area contributed by atoms with Crippen LogP contribution in [0.2, 0.25) is 0 Å². The number of carbonyl (C=O) groups excluding carboxylic acids is 1. The number of rotatable bonds is 6. The molecule has 0 bridgehead atoms. The molecule has 1 aromatic heterocycles. The van der Waals surface area contributed by atoms with Gasteiger partial charge < -0.3 is 9.30 Å². The maximum absolute atomic E-state index is 12.8. The number of para-hydroxylation sites is 2. The predicted molar refractivity (Wildman–Crippen MR) is 127 cm³/mol. The summed E-state index contributed by atoms with van der Waals surface area (Å²) < 4.78 is 8.31. The number of benzene rings is 3. The average molecular weight is 478 g/mol. The van der Waals surface area contributed by atoms with Crippen LogP contribution in [0.4, 0.5) is 0 Å². The largest absolute Gasteiger partial charge is 0.493 e. The van der Waals surface area contributed by atoms with Crippen LogP contribution in [0.15, 0.2) is 81.1 Å². The summed E-state index contributed by atoms with van der Waals surface area (Å²) in [5.41, 5.74) is 4.69. The van der Waals surface area contributed by atoms with Crippen LogP contribution in [-0.4, -0.2) is 23.3 Å². The van der Waals surface area contributed by atoms with Gasteiger partial charge in [-0.2, -0.15) is 5.10 Å². The van der Waals surface area contributed by atoms with Gasteiger partial charge in [0.2, 0.25) is 0 Å². The molecule has 156 valence electrons. The zero-order chi connectivity index (χ0) is 21.8. The van der Waals surface area contributed by atoms with Gasteiger partial charge in [-0.25, -0.2) is 5.43 Å². The van der Waals surface area contributed by atoms with Crippen LogP contribution in [0, 0.1) is 0 Å². The molecule has 0 aliphatic heterocycles. The van der Waals surface area contributed by atoms with E-state index in [1.807, 2.05) is 66.1 Å². The highest BCUT2D eigenvalue weighted by Gasteiger charge is 2.12. The zero-order valence-electron chi connectivity index (χ0n) is 16.8. The third kappa shape index (κ3) is 4.36.